The number of tetrazole rings is 1. The highest BCUT2D eigenvalue weighted by molar-refractivity contribution is 5.37. The molecule has 1 aromatic heterocycles. The van der Waals surface area contributed by atoms with Crippen LogP contribution in [0, 0.1) is 0 Å². The maximum atomic E-state index is 12.8. The number of hydrogen-bond donors (Lipinski definition) is 0. The minimum absolute atomic E-state index is 0.102. The molecule has 0 fully saturated rings. The van der Waals surface area contributed by atoms with E-state index < -0.39 is 11.7 Å². The van der Waals surface area contributed by atoms with Gasteiger partial charge in [-0.05, 0) is 35.0 Å². The predicted molar refractivity (Wildman–Crippen MR) is 87.6 cm³/mol. The quantitative estimate of drug-likeness (QED) is 0.573. The van der Waals surface area contributed by atoms with Gasteiger partial charge >= 0.3 is 12.2 Å². The fourth-order valence-corrected chi connectivity index (χ4v) is 2.47. The number of alkyl halides is 3. The van der Waals surface area contributed by atoms with E-state index in [-0.39, 0.29) is 11.7 Å². The Bertz CT molecular complexity index is 643. The van der Waals surface area contributed by atoms with Gasteiger partial charge in [0.2, 0.25) is 0 Å². The Hall–Kier alpha value is -2.12. The second-order valence-corrected chi connectivity index (χ2v) is 5.89. The lowest BCUT2D eigenvalue weighted by Gasteiger charge is -2.10. The number of rotatable bonds is 10. The zero-order valence-electron chi connectivity index (χ0n) is 14.3. The van der Waals surface area contributed by atoms with Crippen LogP contribution in [0.3, 0.4) is 0 Å². The Morgan fingerprint density at radius 1 is 1.04 bits per heavy atom. The van der Waals surface area contributed by atoms with Crippen LogP contribution in [-0.2, 0) is 6.18 Å². The van der Waals surface area contributed by atoms with Crippen LogP contribution in [0.5, 0.6) is 6.01 Å². The summed E-state index contributed by atoms with van der Waals surface area (Å²) in [6, 6.07) is 4.93. The van der Waals surface area contributed by atoms with E-state index in [0.717, 1.165) is 31.4 Å². The van der Waals surface area contributed by atoms with E-state index in [9.17, 15) is 13.2 Å². The molecular weight excluding hydrogens is 333 g/mol. The second kappa shape index (κ2) is 9.39. The highest BCUT2D eigenvalue weighted by Gasteiger charge is 2.30. The van der Waals surface area contributed by atoms with Crippen molar-refractivity contribution in [3.63, 3.8) is 0 Å². The van der Waals surface area contributed by atoms with Crippen LogP contribution in [0.15, 0.2) is 24.3 Å². The van der Waals surface area contributed by atoms with E-state index in [1.165, 1.54) is 42.5 Å². The molecule has 0 saturated heterocycles. The molecule has 0 amide bonds. The smallest absolute Gasteiger partial charge is 0.416 e. The highest BCUT2D eigenvalue weighted by atomic mass is 19.4. The molecule has 25 heavy (non-hydrogen) atoms. The molecule has 0 radical (unpaired) electrons. The number of halogens is 3. The number of ether oxygens (including phenoxy) is 1. The van der Waals surface area contributed by atoms with Gasteiger partial charge in [0, 0.05) is 0 Å². The lowest BCUT2D eigenvalue weighted by molar-refractivity contribution is -0.137. The van der Waals surface area contributed by atoms with Gasteiger partial charge in [-0.3, -0.25) is 0 Å². The Kier molecular flexibility index (Phi) is 7.21. The summed E-state index contributed by atoms with van der Waals surface area (Å²) in [5, 5.41) is 11.0. The Morgan fingerprint density at radius 3 is 2.48 bits per heavy atom. The van der Waals surface area contributed by atoms with E-state index in [2.05, 4.69) is 22.4 Å². The van der Waals surface area contributed by atoms with Gasteiger partial charge in [-0.1, -0.05) is 56.6 Å². The average molecular weight is 356 g/mol. The first kappa shape index (κ1) is 19.2. The molecule has 1 heterocycles. The topological polar surface area (TPSA) is 52.8 Å². The fourth-order valence-electron chi connectivity index (χ4n) is 2.47. The molecule has 138 valence electrons. The monoisotopic (exact) mass is 356 g/mol. The van der Waals surface area contributed by atoms with Crippen molar-refractivity contribution in [3.05, 3.63) is 29.8 Å². The van der Waals surface area contributed by atoms with Crippen molar-refractivity contribution in [2.75, 3.05) is 6.61 Å². The number of benzene rings is 1. The van der Waals surface area contributed by atoms with Gasteiger partial charge in [0.05, 0.1) is 17.9 Å². The van der Waals surface area contributed by atoms with Crippen LogP contribution < -0.4 is 4.74 Å². The minimum Gasteiger partial charge on any atom is -0.462 e. The van der Waals surface area contributed by atoms with Crippen LogP contribution >= 0.6 is 0 Å². The minimum atomic E-state index is -4.41. The lowest BCUT2D eigenvalue weighted by atomic mass is 10.1. The van der Waals surface area contributed by atoms with Gasteiger partial charge < -0.3 is 4.74 Å². The zero-order valence-corrected chi connectivity index (χ0v) is 14.3. The molecule has 0 aliphatic rings. The number of aromatic nitrogens is 4. The largest absolute Gasteiger partial charge is 0.462 e. The van der Waals surface area contributed by atoms with Crippen molar-refractivity contribution >= 4 is 0 Å². The molecule has 1 aromatic carbocycles. The van der Waals surface area contributed by atoms with E-state index >= 15 is 0 Å². The molecule has 0 aliphatic heterocycles. The van der Waals surface area contributed by atoms with E-state index in [1.54, 1.807) is 0 Å². The van der Waals surface area contributed by atoms with Crippen molar-refractivity contribution in [2.45, 2.75) is 58.0 Å². The van der Waals surface area contributed by atoms with Crippen molar-refractivity contribution in [3.8, 4) is 11.7 Å². The van der Waals surface area contributed by atoms with Gasteiger partial charge in [-0.2, -0.15) is 17.9 Å². The summed E-state index contributed by atoms with van der Waals surface area (Å²) in [4.78, 5) is 0. The van der Waals surface area contributed by atoms with Crippen molar-refractivity contribution in [1.82, 2.24) is 20.2 Å². The first-order valence-corrected chi connectivity index (χ1v) is 8.61. The third-order valence-corrected chi connectivity index (χ3v) is 3.84. The first-order chi connectivity index (χ1) is 12.0. The molecule has 0 unspecified atom stereocenters. The standard InChI is InChI=1S/C17H23F3N4O/c1-2-3-4-5-6-7-8-12-25-16-21-22-23-24(16)15-11-9-10-14(13-15)17(18,19)20/h9-11,13H,2-8,12H2,1H3. The van der Waals surface area contributed by atoms with Crippen molar-refractivity contribution in [2.24, 2.45) is 0 Å². The fraction of sp³-hybridized carbons (Fsp3) is 0.588. The Labute approximate surface area is 145 Å². The summed E-state index contributed by atoms with van der Waals surface area (Å²) in [5.41, 5.74) is -0.534. The molecule has 0 bridgehead atoms. The number of unbranched alkanes of at least 4 members (excludes halogenated alkanes) is 6. The molecule has 2 rings (SSSR count). The molecule has 8 heteroatoms. The maximum Gasteiger partial charge on any atom is 0.416 e. The van der Waals surface area contributed by atoms with Crippen molar-refractivity contribution < 1.29 is 17.9 Å². The highest BCUT2D eigenvalue weighted by Crippen LogP contribution is 2.30. The van der Waals surface area contributed by atoms with Crippen molar-refractivity contribution in [1.29, 1.82) is 0 Å². The molecule has 0 N–H and O–H groups in total. The van der Waals surface area contributed by atoms with Gasteiger partial charge in [-0.25, -0.2) is 0 Å². The van der Waals surface area contributed by atoms with Crippen LogP contribution in [0.25, 0.3) is 5.69 Å². The van der Waals surface area contributed by atoms with Gasteiger partial charge in [-0.15, -0.1) is 0 Å². The van der Waals surface area contributed by atoms with Crippen LogP contribution in [0.4, 0.5) is 13.2 Å². The summed E-state index contributed by atoms with van der Waals surface area (Å²) in [6.45, 7) is 2.62. The first-order valence-electron chi connectivity index (χ1n) is 8.61. The van der Waals surface area contributed by atoms with Crippen LogP contribution in [0.1, 0.15) is 57.4 Å². The summed E-state index contributed by atoms with van der Waals surface area (Å²) >= 11 is 0. The second-order valence-electron chi connectivity index (χ2n) is 5.89. The molecular formula is C17H23F3N4O. The SMILES string of the molecule is CCCCCCCCCOc1nnnn1-c1cccc(C(F)(F)F)c1. The zero-order chi connectivity index (χ0) is 18.1. The number of nitrogens with zero attached hydrogens (tertiary/aromatic N) is 4. The van der Waals surface area contributed by atoms with Crippen LogP contribution in [0.2, 0.25) is 0 Å². The molecule has 0 atom stereocenters. The molecule has 5 nitrogen and oxygen atoms in total. The summed E-state index contributed by atoms with van der Waals surface area (Å²) < 4.78 is 45.2. The van der Waals surface area contributed by atoms with Gasteiger partial charge in [0.25, 0.3) is 0 Å². The third kappa shape index (κ3) is 6.03. The Morgan fingerprint density at radius 2 is 1.76 bits per heavy atom. The van der Waals surface area contributed by atoms with Crippen LogP contribution in [-0.4, -0.2) is 26.8 Å². The molecule has 2 aromatic rings. The Balaban J connectivity index is 1.86. The third-order valence-electron chi connectivity index (χ3n) is 3.84. The van der Waals surface area contributed by atoms with E-state index in [0.29, 0.717) is 6.61 Å². The van der Waals surface area contributed by atoms with E-state index in [1.807, 2.05) is 0 Å². The summed E-state index contributed by atoms with van der Waals surface area (Å²) in [6.07, 6.45) is 3.62. The molecule has 0 saturated carbocycles. The van der Waals surface area contributed by atoms with E-state index in [4.69, 9.17) is 4.74 Å². The van der Waals surface area contributed by atoms with Gasteiger partial charge in [0.1, 0.15) is 0 Å². The average Bonchev–Trinajstić information content (AvgIpc) is 3.05. The molecule has 0 aliphatic carbocycles. The molecule has 0 spiro atoms. The maximum absolute atomic E-state index is 12.8. The predicted octanol–water partition coefficient (Wildman–Crippen LogP) is 4.81. The normalized spacial score (nSPS) is 11.7. The summed E-state index contributed by atoms with van der Waals surface area (Å²) in [5.74, 6) is 0. The summed E-state index contributed by atoms with van der Waals surface area (Å²) in [7, 11) is 0. The lowest BCUT2D eigenvalue weighted by Crippen LogP contribution is -2.08. The number of hydrogen-bond acceptors (Lipinski definition) is 4. The van der Waals surface area contributed by atoms with Gasteiger partial charge in [0.15, 0.2) is 0 Å².